The number of carbonyl (C=O) groups is 1. The molecule has 2 aromatic heterocycles. The van der Waals surface area contributed by atoms with E-state index in [0.29, 0.717) is 13.1 Å². The van der Waals surface area contributed by atoms with Gasteiger partial charge in [0.25, 0.3) is 0 Å². The zero-order valence-electron chi connectivity index (χ0n) is 23.3. The molecule has 10 nitrogen and oxygen atoms in total. The smallest absolute Gasteiger partial charge is 0.422 e. The highest BCUT2D eigenvalue weighted by Crippen LogP contribution is 2.35. The van der Waals surface area contributed by atoms with E-state index in [2.05, 4.69) is 32.5 Å². The van der Waals surface area contributed by atoms with Gasteiger partial charge in [-0.1, -0.05) is 24.8 Å². The van der Waals surface area contributed by atoms with Crippen LogP contribution in [0.25, 0.3) is 16.6 Å². The number of nitrogens with one attached hydrogen (secondary N) is 3. The van der Waals surface area contributed by atoms with Crippen LogP contribution < -0.4 is 25.6 Å². The molecule has 218 valence electrons. The number of aromatic nitrogens is 2. The first kappa shape index (κ1) is 29.5. The average molecular weight is 571 g/mol. The van der Waals surface area contributed by atoms with E-state index in [-0.39, 0.29) is 23.1 Å². The Labute approximate surface area is 236 Å². The number of halogens is 3. The van der Waals surface area contributed by atoms with Crippen LogP contribution in [0.5, 0.6) is 5.88 Å². The number of para-hydroxylation sites is 1. The van der Waals surface area contributed by atoms with E-state index in [9.17, 15) is 18.0 Å². The number of hydrogen-bond acceptors (Lipinski definition) is 8. The van der Waals surface area contributed by atoms with Crippen LogP contribution in [-0.4, -0.2) is 79.9 Å². The molecule has 0 radical (unpaired) electrons. The van der Waals surface area contributed by atoms with Crippen LogP contribution in [-0.2, 0) is 11.8 Å². The van der Waals surface area contributed by atoms with Gasteiger partial charge >= 0.3 is 6.18 Å². The minimum Gasteiger partial charge on any atom is -0.466 e. The molecule has 0 saturated heterocycles. The molecule has 13 heteroatoms. The van der Waals surface area contributed by atoms with Crippen molar-refractivity contribution in [1.29, 1.82) is 0 Å². The minimum atomic E-state index is -4.59. The molecule has 1 atom stereocenters. The maximum atomic E-state index is 13.2. The summed E-state index contributed by atoms with van der Waals surface area (Å²) in [4.78, 5) is 24.7. The Bertz CT molecular complexity index is 1480. The van der Waals surface area contributed by atoms with Crippen LogP contribution in [0.2, 0.25) is 0 Å². The molecule has 3 heterocycles. The van der Waals surface area contributed by atoms with Gasteiger partial charge in [-0.3, -0.25) is 4.79 Å². The Balaban J connectivity index is 1.67. The van der Waals surface area contributed by atoms with E-state index >= 15 is 0 Å². The monoisotopic (exact) mass is 570 g/mol. The zero-order chi connectivity index (χ0) is 29.7. The quantitative estimate of drug-likeness (QED) is 0.299. The predicted molar refractivity (Wildman–Crippen MR) is 156 cm³/mol. The number of benzene rings is 1. The van der Waals surface area contributed by atoms with Crippen LogP contribution in [0.15, 0.2) is 60.3 Å². The van der Waals surface area contributed by atoms with Crippen molar-refractivity contribution in [3.05, 3.63) is 60.8 Å². The van der Waals surface area contributed by atoms with E-state index in [4.69, 9.17) is 4.74 Å². The van der Waals surface area contributed by atoms with E-state index in [1.54, 1.807) is 18.2 Å². The maximum Gasteiger partial charge on any atom is 0.422 e. The highest BCUT2D eigenvalue weighted by molar-refractivity contribution is 6.01. The van der Waals surface area contributed by atoms with Crippen molar-refractivity contribution >= 4 is 45.9 Å². The van der Waals surface area contributed by atoms with Crippen LogP contribution in [0.4, 0.5) is 30.4 Å². The van der Waals surface area contributed by atoms with E-state index in [1.807, 2.05) is 67.1 Å². The molecule has 3 N–H and O–H groups in total. The number of aryl methyl sites for hydroxylation is 1. The Hall–Kier alpha value is -4.52. The first-order chi connectivity index (χ1) is 19.4. The summed E-state index contributed by atoms with van der Waals surface area (Å²) in [6, 6.07) is 9.41. The summed E-state index contributed by atoms with van der Waals surface area (Å²) in [5.74, 6) is -0.552. The van der Waals surface area contributed by atoms with Crippen molar-refractivity contribution in [1.82, 2.24) is 19.8 Å². The first-order valence-electron chi connectivity index (χ1n) is 12.8. The highest BCUT2D eigenvalue weighted by atomic mass is 19.4. The van der Waals surface area contributed by atoms with Crippen molar-refractivity contribution in [3.63, 3.8) is 0 Å². The molecule has 0 aliphatic carbocycles. The Morgan fingerprint density at radius 3 is 2.68 bits per heavy atom. The number of carbonyl (C=O) groups excluding carboxylic acids is 1. The van der Waals surface area contributed by atoms with Gasteiger partial charge in [0.15, 0.2) is 18.7 Å². The van der Waals surface area contributed by atoms with Crippen molar-refractivity contribution < 1.29 is 22.7 Å². The van der Waals surface area contributed by atoms with Gasteiger partial charge in [0, 0.05) is 61.8 Å². The molecule has 1 aromatic carbocycles. The molecule has 0 spiro atoms. The number of aliphatic imine (C=N–C) groups is 1. The van der Waals surface area contributed by atoms with Crippen LogP contribution >= 0.6 is 0 Å². The lowest BCUT2D eigenvalue weighted by Gasteiger charge is -2.27. The normalized spacial score (nSPS) is 14.9. The summed E-state index contributed by atoms with van der Waals surface area (Å²) in [5.41, 5.74) is 3.11. The van der Waals surface area contributed by atoms with Crippen LogP contribution in [0, 0.1) is 0 Å². The number of nitrogens with zero attached hydrogens (tertiary/aromatic N) is 5. The maximum absolute atomic E-state index is 13.2. The molecular formula is C28H33F3N8O2. The van der Waals surface area contributed by atoms with Crippen molar-refractivity contribution in [2.45, 2.75) is 12.5 Å². The van der Waals surface area contributed by atoms with E-state index < -0.39 is 25.0 Å². The lowest BCUT2D eigenvalue weighted by molar-refractivity contribution is -0.153. The first-order valence-corrected chi connectivity index (χ1v) is 12.8. The molecule has 0 saturated carbocycles. The second-order valence-electron chi connectivity index (χ2n) is 9.77. The predicted octanol–water partition coefficient (Wildman–Crippen LogP) is 4.05. The number of amides is 1. The topological polar surface area (TPSA) is 99.0 Å². The van der Waals surface area contributed by atoms with Crippen LogP contribution in [0.1, 0.15) is 5.56 Å². The van der Waals surface area contributed by atoms with Crippen molar-refractivity contribution in [2.75, 3.05) is 56.4 Å². The van der Waals surface area contributed by atoms with Gasteiger partial charge in [-0.05, 0) is 38.4 Å². The number of allylic oxidation sites excluding steroid dienone is 1. The second-order valence-corrected chi connectivity index (χ2v) is 9.77. The van der Waals surface area contributed by atoms with Crippen molar-refractivity contribution in [3.8, 4) is 5.88 Å². The van der Waals surface area contributed by atoms with Gasteiger partial charge in [-0.15, -0.1) is 0 Å². The number of pyridine rings is 1. The standard InChI is InChI=1S/C28H33F3N8O2/c1-6-24(40)33-21-15-22(26(41-17-28(29,30)31)36-25(21)38(4)14-13-37(2)3)35-27-32-12-11-20(34-27)19-16-39(5)23-10-8-7-9-18(19)23/h6-12,15-16,27,34-35H,1,13-14,17H2,2-5H3,(H,33,40). The summed E-state index contributed by atoms with van der Waals surface area (Å²) in [7, 11) is 7.46. The van der Waals surface area contributed by atoms with Crippen LogP contribution in [0.3, 0.4) is 0 Å². The molecule has 0 fully saturated rings. The fourth-order valence-electron chi connectivity index (χ4n) is 4.25. The average Bonchev–Trinajstić information content (AvgIpc) is 3.27. The third-order valence-corrected chi connectivity index (χ3v) is 6.28. The number of alkyl halides is 3. The number of hydrogen-bond donors (Lipinski definition) is 3. The lowest BCUT2D eigenvalue weighted by atomic mass is 10.1. The molecular weight excluding hydrogens is 537 g/mol. The van der Waals surface area contributed by atoms with E-state index in [1.165, 1.54) is 6.07 Å². The fraction of sp³-hybridized carbons (Fsp3) is 0.321. The number of likely N-dealkylation sites (N-methyl/N-ethyl adjacent to an activating group) is 2. The number of fused-ring (bicyclic) bond motifs is 1. The summed E-state index contributed by atoms with van der Waals surface area (Å²) in [6.07, 6.45) is 1.15. The summed E-state index contributed by atoms with van der Waals surface area (Å²) < 4.78 is 46.7. The Morgan fingerprint density at radius 2 is 1.98 bits per heavy atom. The molecule has 1 aliphatic rings. The second kappa shape index (κ2) is 12.3. The highest BCUT2D eigenvalue weighted by Gasteiger charge is 2.30. The van der Waals surface area contributed by atoms with Crippen molar-refractivity contribution in [2.24, 2.45) is 12.0 Å². The molecule has 41 heavy (non-hydrogen) atoms. The summed E-state index contributed by atoms with van der Waals surface area (Å²) >= 11 is 0. The Morgan fingerprint density at radius 1 is 1.22 bits per heavy atom. The lowest BCUT2D eigenvalue weighted by Crippen LogP contribution is -2.36. The summed E-state index contributed by atoms with van der Waals surface area (Å²) in [6.45, 7) is 3.06. The zero-order valence-corrected chi connectivity index (χ0v) is 23.3. The van der Waals surface area contributed by atoms with Gasteiger partial charge in [-0.25, -0.2) is 4.99 Å². The largest absolute Gasteiger partial charge is 0.466 e. The molecule has 0 bridgehead atoms. The van der Waals surface area contributed by atoms with Gasteiger partial charge in [0.05, 0.1) is 5.69 Å². The third-order valence-electron chi connectivity index (χ3n) is 6.28. The van der Waals surface area contributed by atoms with Gasteiger partial charge in [0.1, 0.15) is 5.69 Å². The van der Waals surface area contributed by atoms with E-state index in [0.717, 1.165) is 28.2 Å². The molecule has 1 amide bonds. The molecule has 3 aromatic rings. The number of ether oxygens (including phenoxy) is 1. The Kier molecular flexibility index (Phi) is 8.86. The van der Waals surface area contributed by atoms with Gasteiger partial charge in [-0.2, -0.15) is 18.2 Å². The SMILES string of the molecule is C=CC(=O)Nc1cc(NC2N=CC=C(c3cn(C)c4ccccc34)N2)c(OCC(F)(F)F)nc1N(C)CCN(C)C. The fourth-order valence-corrected chi connectivity index (χ4v) is 4.25. The minimum absolute atomic E-state index is 0.104. The van der Waals surface area contributed by atoms with Gasteiger partial charge in [0.2, 0.25) is 11.8 Å². The number of anilines is 3. The molecule has 4 rings (SSSR count). The summed E-state index contributed by atoms with van der Waals surface area (Å²) in [5, 5.41) is 10.1. The molecule has 1 unspecified atom stereocenters. The van der Waals surface area contributed by atoms with Gasteiger partial charge < -0.3 is 35.1 Å². The number of rotatable bonds is 11. The molecule has 1 aliphatic heterocycles. The third kappa shape index (κ3) is 7.37.